The van der Waals surface area contributed by atoms with Gasteiger partial charge in [-0.2, -0.15) is 0 Å². The first kappa shape index (κ1) is 26.9. The predicted molar refractivity (Wildman–Crippen MR) is 148 cm³/mol. The zero-order valence-corrected chi connectivity index (χ0v) is 24.4. The number of amides is 2. The number of aromatic nitrogens is 2. The maximum absolute atomic E-state index is 13.0. The van der Waals surface area contributed by atoms with Gasteiger partial charge in [0.25, 0.3) is 0 Å². The van der Waals surface area contributed by atoms with E-state index in [1.807, 2.05) is 24.3 Å². The Morgan fingerprint density at radius 3 is 1.42 bits per heavy atom. The van der Waals surface area contributed by atoms with Gasteiger partial charge in [0.15, 0.2) is 0 Å². The van der Waals surface area contributed by atoms with Crippen LogP contribution in [0.2, 0.25) is 20.1 Å². The van der Waals surface area contributed by atoms with Crippen molar-refractivity contribution in [3.8, 4) is 0 Å². The third-order valence-corrected chi connectivity index (χ3v) is 12.8. The van der Waals surface area contributed by atoms with Gasteiger partial charge in [0.05, 0.1) is 0 Å². The molecule has 0 saturated heterocycles. The monoisotopic (exact) mass is 690 g/mol. The summed E-state index contributed by atoms with van der Waals surface area (Å²) in [4.78, 5) is 34.2. The second kappa shape index (κ2) is 12.4. The van der Waals surface area contributed by atoms with Crippen molar-refractivity contribution in [1.82, 2.24) is 9.97 Å². The number of carbonyl (C=O) groups is 2. The molecule has 6 nitrogen and oxygen atoms in total. The van der Waals surface area contributed by atoms with Gasteiger partial charge in [0, 0.05) is 0 Å². The summed E-state index contributed by atoms with van der Waals surface area (Å²) < 4.78 is 1.79. The molecule has 0 atom stereocenters. The molecule has 2 N–H and O–H groups in total. The first-order valence-corrected chi connectivity index (χ1v) is 17.6. The molecular formula is C24H14Cl4N4O2Se2. The molecule has 182 valence electrons. The number of halogens is 4. The molecular weight excluding hydrogens is 676 g/mol. The van der Waals surface area contributed by atoms with Crippen LogP contribution in [-0.2, 0) is 0 Å². The molecule has 2 heterocycles. The molecule has 0 fully saturated rings. The van der Waals surface area contributed by atoms with E-state index in [1.54, 1.807) is 24.3 Å². The van der Waals surface area contributed by atoms with Crippen molar-refractivity contribution >= 4 is 105 Å². The molecule has 2 amide bonds. The van der Waals surface area contributed by atoms with E-state index in [9.17, 15) is 9.59 Å². The van der Waals surface area contributed by atoms with Crippen molar-refractivity contribution in [1.29, 1.82) is 0 Å². The molecule has 0 aliphatic rings. The number of pyridine rings is 2. The minimum absolute atomic E-state index is 0.106. The molecule has 4 rings (SSSR count). The molecule has 0 aliphatic carbocycles. The van der Waals surface area contributed by atoms with Gasteiger partial charge >= 0.3 is 240 Å². The Morgan fingerprint density at radius 2 is 1.03 bits per heavy atom. The van der Waals surface area contributed by atoms with Gasteiger partial charge < -0.3 is 0 Å². The summed E-state index contributed by atoms with van der Waals surface area (Å²) in [6.07, 6.45) is 2.83. The summed E-state index contributed by atoms with van der Waals surface area (Å²) in [5.41, 5.74) is 1.04. The Bertz CT molecular complexity index is 1350. The van der Waals surface area contributed by atoms with Crippen LogP contribution in [0.15, 0.2) is 73.1 Å². The molecule has 0 spiro atoms. The summed E-state index contributed by atoms with van der Waals surface area (Å²) in [7, 11) is 0. The van der Waals surface area contributed by atoms with E-state index in [0.29, 0.717) is 21.2 Å². The molecule has 0 radical (unpaired) electrons. The number of hydrogen-bond acceptors (Lipinski definition) is 4. The SMILES string of the molecule is O=C(Nc1ncc(Cl)cc1Cl)c1ccccc1[Se][Se]c1ccccc1C(=O)Nc1ncc(Cl)cc1Cl. The van der Waals surface area contributed by atoms with E-state index >= 15 is 0 Å². The van der Waals surface area contributed by atoms with Crippen molar-refractivity contribution in [3.05, 3.63) is 104 Å². The summed E-state index contributed by atoms with van der Waals surface area (Å²) in [5.74, 6) is -0.185. The van der Waals surface area contributed by atoms with E-state index in [0.717, 1.165) is 8.92 Å². The van der Waals surface area contributed by atoms with Crippen molar-refractivity contribution in [2.24, 2.45) is 0 Å². The average molecular weight is 690 g/mol. The van der Waals surface area contributed by atoms with Gasteiger partial charge in [0.2, 0.25) is 0 Å². The average Bonchev–Trinajstić information content (AvgIpc) is 2.86. The van der Waals surface area contributed by atoms with Crippen LogP contribution < -0.4 is 19.6 Å². The second-order valence-corrected chi connectivity index (χ2v) is 14.9. The normalized spacial score (nSPS) is 10.7. The quantitative estimate of drug-likeness (QED) is 0.272. The third-order valence-electron chi connectivity index (χ3n) is 4.56. The van der Waals surface area contributed by atoms with Gasteiger partial charge in [-0.05, 0) is 0 Å². The maximum atomic E-state index is 13.0. The van der Waals surface area contributed by atoms with E-state index in [1.165, 1.54) is 24.5 Å². The minimum atomic E-state index is -0.325. The molecule has 12 heteroatoms. The van der Waals surface area contributed by atoms with Gasteiger partial charge in [-0.15, -0.1) is 0 Å². The molecule has 0 bridgehead atoms. The molecule has 0 saturated carbocycles. The van der Waals surface area contributed by atoms with Gasteiger partial charge in [0.1, 0.15) is 0 Å². The zero-order chi connectivity index (χ0) is 25.7. The van der Waals surface area contributed by atoms with Crippen LogP contribution in [0.1, 0.15) is 20.7 Å². The first-order chi connectivity index (χ1) is 17.3. The van der Waals surface area contributed by atoms with Gasteiger partial charge in [-0.25, -0.2) is 0 Å². The Labute approximate surface area is 238 Å². The van der Waals surface area contributed by atoms with Crippen LogP contribution in [0.3, 0.4) is 0 Å². The van der Waals surface area contributed by atoms with Crippen molar-refractivity contribution in [3.63, 3.8) is 0 Å². The van der Waals surface area contributed by atoms with E-state index in [4.69, 9.17) is 46.4 Å². The molecule has 0 unspecified atom stereocenters. The Balaban J connectivity index is 1.50. The summed E-state index contributed by atoms with van der Waals surface area (Å²) >= 11 is 23.9. The van der Waals surface area contributed by atoms with Gasteiger partial charge in [-0.1, -0.05) is 0 Å². The molecule has 2 aromatic carbocycles. The summed E-state index contributed by atoms with van der Waals surface area (Å²) in [5, 5.41) is 6.73. The fourth-order valence-electron chi connectivity index (χ4n) is 2.91. The number of nitrogens with one attached hydrogen (secondary N) is 2. The Kier molecular flexibility index (Phi) is 9.29. The summed E-state index contributed by atoms with van der Waals surface area (Å²) in [6, 6.07) is 17.7. The number of benzene rings is 2. The van der Waals surface area contributed by atoms with Crippen molar-refractivity contribution in [2.45, 2.75) is 0 Å². The molecule has 36 heavy (non-hydrogen) atoms. The number of hydrogen-bond donors (Lipinski definition) is 2. The van der Waals surface area contributed by atoms with Crippen LogP contribution in [0.4, 0.5) is 11.6 Å². The van der Waals surface area contributed by atoms with Crippen LogP contribution in [-0.4, -0.2) is 48.0 Å². The fourth-order valence-corrected chi connectivity index (χ4v) is 10.9. The standard InChI is InChI=1S/C24H14Cl4N4O2Se2/c25-13-9-17(27)21(29-11-13)31-23(33)15-5-1-3-7-19(15)35-36-20-8-4-2-6-16(20)24(34)32-22-18(28)10-14(26)12-30-22/h1-12H,(H,29,31,33)(H,30,32,34). The Morgan fingerprint density at radius 1 is 0.639 bits per heavy atom. The van der Waals surface area contributed by atoms with Gasteiger partial charge in [-0.3, -0.25) is 0 Å². The molecule has 4 aromatic rings. The van der Waals surface area contributed by atoms with Crippen LogP contribution in [0, 0.1) is 0 Å². The van der Waals surface area contributed by atoms with Crippen LogP contribution in [0.25, 0.3) is 0 Å². The molecule has 2 aromatic heterocycles. The Hall–Kier alpha value is -2.12. The fraction of sp³-hybridized carbons (Fsp3) is 0. The van der Waals surface area contributed by atoms with Crippen molar-refractivity contribution < 1.29 is 9.59 Å². The topological polar surface area (TPSA) is 84.0 Å². The van der Waals surface area contributed by atoms with E-state index < -0.39 is 0 Å². The predicted octanol–water partition coefficient (Wildman–Crippen LogP) is 4.87. The number of nitrogens with zero attached hydrogens (tertiary/aromatic N) is 2. The van der Waals surface area contributed by atoms with E-state index in [2.05, 4.69) is 20.6 Å². The van der Waals surface area contributed by atoms with Crippen molar-refractivity contribution in [2.75, 3.05) is 10.6 Å². The van der Waals surface area contributed by atoms with E-state index in [-0.39, 0.29) is 59.8 Å². The zero-order valence-electron chi connectivity index (χ0n) is 18.0. The summed E-state index contributed by atoms with van der Waals surface area (Å²) in [6.45, 7) is 0. The number of rotatable bonds is 7. The number of anilines is 2. The molecule has 0 aliphatic heterocycles. The van der Waals surface area contributed by atoms with Crippen LogP contribution >= 0.6 is 46.4 Å². The number of carbonyl (C=O) groups excluding carboxylic acids is 2. The third kappa shape index (κ3) is 6.80. The second-order valence-electron chi connectivity index (χ2n) is 7.04. The first-order valence-electron chi connectivity index (χ1n) is 10.1. The van der Waals surface area contributed by atoms with Crippen LogP contribution in [0.5, 0.6) is 0 Å².